The van der Waals surface area contributed by atoms with Gasteiger partial charge in [0.25, 0.3) is 0 Å². The van der Waals surface area contributed by atoms with Crippen LogP contribution in [0.4, 0.5) is 0 Å². The lowest BCUT2D eigenvalue weighted by atomic mass is 9.92. The fraction of sp³-hybridized carbons (Fsp3) is 0.909. The van der Waals surface area contributed by atoms with Crippen LogP contribution in [0.25, 0.3) is 0 Å². The second kappa shape index (κ2) is 5.35. The van der Waals surface area contributed by atoms with Crippen molar-refractivity contribution in [3.8, 4) is 0 Å². The maximum atomic E-state index is 10.9. The first kappa shape index (κ1) is 11.5. The molecule has 0 bridgehead atoms. The SMILES string of the molecule is CCCC1CN(C(CCC)C(=O)O)C1. The standard InChI is InChI=1S/C11H21NO2/c1-3-5-9-7-12(8-9)10(6-4-2)11(13)14/h9-10H,3-8H2,1-2H3,(H,13,14). The van der Waals surface area contributed by atoms with Gasteiger partial charge in [-0.15, -0.1) is 0 Å². The molecule has 0 radical (unpaired) electrons. The summed E-state index contributed by atoms with van der Waals surface area (Å²) in [5.41, 5.74) is 0. The third-order valence-electron chi connectivity index (χ3n) is 2.97. The van der Waals surface area contributed by atoms with Gasteiger partial charge in [-0.1, -0.05) is 26.7 Å². The lowest BCUT2D eigenvalue weighted by Crippen LogP contribution is -2.54. The van der Waals surface area contributed by atoms with Gasteiger partial charge in [-0.25, -0.2) is 0 Å². The fourth-order valence-electron chi connectivity index (χ4n) is 2.19. The highest BCUT2D eigenvalue weighted by Gasteiger charge is 2.34. The molecular weight excluding hydrogens is 178 g/mol. The Bertz CT molecular complexity index is 188. The highest BCUT2D eigenvalue weighted by Crippen LogP contribution is 2.24. The Balaban J connectivity index is 2.31. The summed E-state index contributed by atoms with van der Waals surface area (Å²) < 4.78 is 0. The smallest absolute Gasteiger partial charge is 0.320 e. The van der Waals surface area contributed by atoms with Gasteiger partial charge >= 0.3 is 5.97 Å². The number of rotatable bonds is 6. The maximum Gasteiger partial charge on any atom is 0.320 e. The summed E-state index contributed by atoms with van der Waals surface area (Å²) in [5, 5.41) is 9.01. The molecule has 1 atom stereocenters. The van der Waals surface area contributed by atoms with Crippen molar-refractivity contribution in [3.05, 3.63) is 0 Å². The molecule has 82 valence electrons. The minimum Gasteiger partial charge on any atom is -0.480 e. The number of hydrogen-bond donors (Lipinski definition) is 1. The van der Waals surface area contributed by atoms with E-state index in [-0.39, 0.29) is 6.04 Å². The van der Waals surface area contributed by atoms with Crippen LogP contribution < -0.4 is 0 Å². The summed E-state index contributed by atoms with van der Waals surface area (Å²) in [7, 11) is 0. The summed E-state index contributed by atoms with van der Waals surface area (Å²) in [6, 6.07) is -0.229. The summed E-state index contributed by atoms with van der Waals surface area (Å²) in [5.74, 6) is 0.0977. The molecule has 3 heteroatoms. The molecule has 1 N–H and O–H groups in total. The number of hydrogen-bond acceptors (Lipinski definition) is 2. The molecule has 1 fully saturated rings. The van der Waals surface area contributed by atoms with Crippen molar-refractivity contribution in [3.63, 3.8) is 0 Å². The minimum atomic E-state index is -0.651. The molecule has 1 saturated heterocycles. The molecule has 0 aliphatic carbocycles. The van der Waals surface area contributed by atoms with Crippen molar-refractivity contribution in [2.24, 2.45) is 5.92 Å². The van der Waals surface area contributed by atoms with E-state index >= 15 is 0 Å². The first-order valence-electron chi connectivity index (χ1n) is 5.65. The molecule has 1 heterocycles. The minimum absolute atomic E-state index is 0.229. The second-order valence-electron chi connectivity index (χ2n) is 4.25. The van der Waals surface area contributed by atoms with Gasteiger partial charge < -0.3 is 5.11 Å². The Hall–Kier alpha value is -0.570. The van der Waals surface area contributed by atoms with Crippen LogP contribution in [0.5, 0.6) is 0 Å². The number of carbonyl (C=O) groups is 1. The maximum absolute atomic E-state index is 10.9. The average molecular weight is 199 g/mol. The van der Waals surface area contributed by atoms with Crippen LogP contribution in [0.1, 0.15) is 39.5 Å². The third-order valence-corrected chi connectivity index (χ3v) is 2.97. The monoisotopic (exact) mass is 199 g/mol. The molecule has 0 amide bonds. The van der Waals surface area contributed by atoms with Crippen LogP contribution in [0.15, 0.2) is 0 Å². The average Bonchev–Trinajstić information content (AvgIpc) is 2.07. The Morgan fingerprint density at radius 1 is 1.43 bits per heavy atom. The number of aliphatic carboxylic acids is 1. The van der Waals surface area contributed by atoms with Crippen LogP contribution in [0, 0.1) is 5.92 Å². The van der Waals surface area contributed by atoms with E-state index < -0.39 is 5.97 Å². The number of likely N-dealkylation sites (tertiary alicyclic amines) is 1. The summed E-state index contributed by atoms with van der Waals surface area (Å²) in [4.78, 5) is 13.0. The normalized spacial score (nSPS) is 20.4. The van der Waals surface area contributed by atoms with Crippen LogP contribution in [0.2, 0.25) is 0 Å². The van der Waals surface area contributed by atoms with Crippen molar-refractivity contribution in [2.75, 3.05) is 13.1 Å². The highest BCUT2D eigenvalue weighted by atomic mass is 16.4. The topological polar surface area (TPSA) is 40.5 Å². The second-order valence-corrected chi connectivity index (χ2v) is 4.25. The molecule has 1 aliphatic heterocycles. The van der Waals surface area contributed by atoms with E-state index in [2.05, 4.69) is 11.8 Å². The molecule has 14 heavy (non-hydrogen) atoms. The van der Waals surface area contributed by atoms with E-state index in [0.717, 1.165) is 31.8 Å². The van der Waals surface area contributed by atoms with Crippen LogP contribution >= 0.6 is 0 Å². The first-order chi connectivity index (χ1) is 6.69. The molecular formula is C11H21NO2. The number of carboxylic acid groups (broad SMARTS) is 1. The van der Waals surface area contributed by atoms with Gasteiger partial charge in [0.2, 0.25) is 0 Å². The Kier molecular flexibility index (Phi) is 4.39. The molecule has 0 aromatic heterocycles. The third kappa shape index (κ3) is 2.71. The lowest BCUT2D eigenvalue weighted by molar-refractivity contribution is -0.146. The first-order valence-corrected chi connectivity index (χ1v) is 5.65. The van der Waals surface area contributed by atoms with E-state index in [1.165, 1.54) is 12.8 Å². The molecule has 1 rings (SSSR count). The zero-order valence-electron chi connectivity index (χ0n) is 9.20. The molecule has 1 unspecified atom stereocenters. The number of carboxylic acids is 1. The van der Waals surface area contributed by atoms with Gasteiger partial charge in [0.1, 0.15) is 6.04 Å². The fourth-order valence-corrected chi connectivity index (χ4v) is 2.19. The van der Waals surface area contributed by atoms with Gasteiger partial charge in [-0.3, -0.25) is 9.69 Å². The van der Waals surface area contributed by atoms with Crippen LogP contribution in [-0.4, -0.2) is 35.1 Å². The van der Waals surface area contributed by atoms with Gasteiger partial charge in [-0.2, -0.15) is 0 Å². The number of nitrogens with zero attached hydrogens (tertiary/aromatic N) is 1. The molecule has 1 aliphatic rings. The Morgan fingerprint density at radius 2 is 2.07 bits per heavy atom. The largest absolute Gasteiger partial charge is 0.480 e. The van der Waals surface area contributed by atoms with Crippen molar-refractivity contribution in [1.82, 2.24) is 4.90 Å². The Morgan fingerprint density at radius 3 is 2.50 bits per heavy atom. The van der Waals surface area contributed by atoms with Crippen molar-refractivity contribution < 1.29 is 9.90 Å². The van der Waals surface area contributed by atoms with Gasteiger partial charge in [-0.05, 0) is 18.8 Å². The molecule has 3 nitrogen and oxygen atoms in total. The highest BCUT2D eigenvalue weighted by molar-refractivity contribution is 5.73. The predicted molar refractivity (Wildman–Crippen MR) is 56.3 cm³/mol. The summed E-state index contributed by atoms with van der Waals surface area (Å²) in [6.45, 7) is 6.21. The van der Waals surface area contributed by atoms with E-state index in [1.54, 1.807) is 0 Å². The summed E-state index contributed by atoms with van der Waals surface area (Å²) in [6.07, 6.45) is 4.19. The lowest BCUT2D eigenvalue weighted by Gasteiger charge is -2.42. The van der Waals surface area contributed by atoms with Crippen molar-refractivity contribution in [1.29, 1.82) is 0 Å². The molecule has 0 spiro atoms. The van der Waals surface area contributed by atoms with Crippen molar-refractivity contribution >= 4 is 5.97 Å². The molecule has 0 saturated carbocycles. The van der Waals surface area contributed by atoms with Crippen LogP contribution in [0.3, 0.4) is 0 Å². The quantitative estimate of drug-likeness (QED) is 0.711. The van der Waals surface area contributed by atoms with E-state index in [0.29, 0.717) is 0 Å². The van der Waals surface area contributed by atoms with Gasteiger partial charge in [0.05, 0.1) is 0 Å². The molecule has 0 aromatic carbocycles. The van der Waals surface area contributed by atoms with Crippen molar-refractivity contribution in [2.45, 2.75) is 45.6 Å². The zero-order valence-corrected chi connectivity index (χ0v) is 9.20. The molecule has 0 aromatic rings. The summed E-state index contributed by atoms with van der Waals surface area (Å²) >= 11 is 0. The van der Waals surface area contributed by atoms with E-state index in [9.17, 15) is 4.79 Å². The van der Waals surface area contributed by atoms with Crippen LogP contribution in [-0.2, 0) is 4.79 Å². The van der Waals surface area contributed by atoms with Gasteiger partial charge in [0, 0.05) is 13.1 Å². The Labute approximate surface area is 86.1 Å². The van der Waals surface area contributed by atoms with E-state index in [4.69, 9.17) is 5.11 Å². The van der Waals surface area contributed by atoms with Gasteiger partial charge in [0.15, 0.2) is 0 Å². The van der Waals surface area contributed by atoms with E-state index in [1.807, 2.05) is 6.92 Å². The zero-order chi connectivity index (χ0) is 10.6. The predicted octanol–water partition coefficient (Wildman–Crippen LogP) is 1.97.